The molecule has 0 radical (unpaired) electrons. The van der Waals surface area contributed by atoms with Gasteiger partial charge in [0.1, 0.15) is 11.6 Å². The van der Waals surface area contributed by atoms with Gasteiger partial charge in [-0.15, -0.1) is 0 Å². The van der Waals surface area contributed by atoms with Gasteiger partial charge >= 0.3 is 0 Å². The van der Waals surface area contributed by atoms with Gasteiger partial charge in [-0.2, -0.15) is 0 Å². The molecule has 2 N–H and O–H groups in total. The SMILES string of the molecule is O=C(CNc1ccc(Br)c(F)c1)Nc1cccc(F)c1. The molecule has 6 heteroatoms. The normalized spacial score (nSPS) is 10.2. The van der Waals surface area contributed by atoms with Gasteiger partial charge in [0.15, 0.2) is 0 Å². The summed E-state index contributed by atoms with van der Waals surface area (Å²) in [5.41, 5.74) is 0.860. The molecular formula is C14H11BrF2N2O. The van der Waals surface area contributed by atoms with Crippen molar-refractivity contribution in [1.82, 2.24) is 0 Å². The molecule has 0 unspecified atom stereocenters. The number of rotatable bonds is 4. The Morgan fingerprint density at radius 1 is 1.10 bits per heavy atom. The number of hydrogen-bond acceptors (Lipinski definition) is 2. The lowest BCUT2D eigenvalue weighted by molar-refractivity contribution is -0.114. The van der Waals surface area contributed by atoms with E-state index in [0.717, 1.165) is 0 Å². The van der Waals surface area contributed by atoms with E-state index in [-0.39, 0.29) is 12.5 Å². The van der Waals surface area contributed by atoms with Crippen LogP contribution in [0.25, 0.3) is 0 Å². The zero-order valence-corrected chi connectivity index (χ0v) is 11.9. The Morgan fingerprint density at radius 3 is 2.60 bits per heavy atom. The minimum absolute atomic E-state index is 0.0441. The van der Waals surface area contributed by atoms with Gasteiger partial charge in [-0.05, 0) is 52.3 Å². The van der Waals surface area contributed by atoms with Gasteiger partial charge in [-0.25, -0.2) is 8.78 Å². The highest BCUT2D eigenvalue weighted by molar-refractivity contribution is 9.10. The molecule has 0 bridgehead atoms. The molecule has 0 fully saturated rings. The lowest BCUT2D eigenvalue weighted by atomic mass is 10.3. The van der Waals surface area contributed by atoms with Crippen LogP contribution in [-0.4, -0.2) is 12.5 Å². The van der Waals surface area contributed by atoms with E-state index in [0.29, 0.717) is 15.8 Å². The molecule has 0 spiro atoms. The van der Waals surface area contributed by atoms with Gasteiger partial charge in [0.25, 0.3) is 0 Å². The van der Waals surface area contributed by atoms with Gasteiger partial charge in [0, 0.05) is 11.4 Å². The van der Waals surface area contributed by atoms with Crippen LogP contribution in [0.4, 0.5) is 20.2 Å². The van der Waals surface area contributed by atoms with Crippen LogP contribution < -0.4 is 10.6 Å². The summed E-state index contributed by atoms with van der Waals surface area (Å²) in [4.78, 5) is 11.6. The largest absolute Gasteiger partial charge is 0.376 e. The maximum absolute atomic E-state index is 13.3. The lowest BCUT2D eigenvalue weighted by Crippen LogP contribution is -2.21. The van der Waals surface area contributed by atoms with E-state index < -0.39 is 11.6 Å². The molecule has 0 heterocycles. The fourth-order valence-electron chi connectivity index (χ4n) is 1.56. The number of carbonyl (C=O) groups is 1. The van der Waals surface area contributed by atoms with Crippen LogP contribution in [-0.2, 0) is 4.79 Å². The molecule has 0 saturated carbocycles. The maximum Gasteiger partial charge on any atom is 0.243 e. The molecule has 2 rings (SSSR count). The van der Waals surface area contributed by atoms with Crippen molar-refractivity contribution in [2.75, 3.05) is 17.2 Å². The summed E-state index contributed by atoms with van der Waals surface area (Å²) in [7, 11) is 0. The van der Waals surface area contributed by atoms with E-state index in [1.54, 1.807) is 18.2 Å². The van der Waals surface area contributed by atoms with Gasteiger partial charge in [-0.3, -0.25) is 4.79 Å². The Labute approximate surface area is 123 Å². The molecule has 0 aliphatic rings. The summed E-state index contributed by atoms with van der Waals surface area (Å²) in [6.07, 6.45) is 0. The molecule has 0 saturated heterocycles. The highest BCUT2D eigenvalue weighted by Crippen LogP contribution is 2.19. The number of hydrogen-bond donors (Lipinski definition) is 2. The summed E-state index contributed by atoms with van der Waals surface area (Å²) >= 11 is 3.04. The zero-order valence-electron chi connectivity index (χ0n) is 10.3. The molecule has 20 heavy (non-hydrogen) atoms. The number of benzene rings is 2. The fourth-order valence-corrected chi connectivity index (χ4v) is 1.81. The molecule has 2 aromatic carbocycles. The van der Waals surface area contributed by atoms with Crippen LogP contribution in [0.15, 0.2) is 46.9 Å². The second kappa shape index (κ2) is 6.47. The molecule has 0 aromatic heterocycles. The molecule has 104 valence electrons. The average Bonchev–Trinajstić information content (AvgIpc) is 2.40. The van der Waals surface area contributed by atoms with Crippen LogP contribution >= 0.6 is 15.9 Å². The number of carbonyl (C=O) groups excluding carboxylic acids is 1. The molecular weight excluding hydrogens is 330 g/mol. The number of halogens is 3. The maximum atomic E-state index is 13.3. The Bertz CT molecular complexity index is 634. The van der Waals surface area contributed by atoms with Crippen LogP contribution in [0.1, 0.15) is 0 Å². The fraction of sp³-hybridized carbons (Fsp3) is 0.0714. The minimum atomic E-state index is -0.425. The number of amides is 1. The highest BCUT2D eigenvalue weighted by Gasteiger charge is 2.05. The molecule has 0 atom stereocenters. The van der Waals surface area contributed by atoms with Crippen molar-refractivity contribution >= 4 is 33.2 Å². The second-order valence-corrected chi connectivity index (χ2v) is 4.90. The summed E-state index contributed by atoms with van der Waals surface area (Å²) in [6, 6.07) is 10.1. The van der Waals surface area contributed by atoms with Crippen LogP contribution in [0.2, 0.25) is 0 Å². The monoisotopic (exact) mass is 340 g/mol. The zero-order chi connectivity index (χ0) is 14.5. The van der Waals surface area contributed by atoms with Crippen molar-refractivity contribution in [2.45, 2.75) is 0 Å². The van der Waals surface area contributed by atoms with Crippen molar-refractivity contribution in [1.29, 1.82) is 0 Å². The Balaban J connectivity index is 1.90. The predicted molar refractivity (Wildman–Crippen MR) is 77.6 cm³/mol. The summed E-state index contributed by atoms with van der Waals surface area (Å²) < 4.78 is 26.6. The molecule has 0 aliphatic carbocycles. The van der Waals surface area contributed by atoms with Gasteiger partial charge in [0.2, 0.25) is 5.91 Å². The van der Waals surface area contributed by atoms with Gasteiger partial charge in [-0.1, -0.05) is 6.07 Å². The highest BCUT2D eigenvalue weighted by atomic mass is 79.9. The summed E-state index contributed by atoms with van der Waals surface area (Å²) in [5.74, 6) is -1.19. The third kappa shape index (κ3) is 4.03. The predicted octanol–water partition coefficient (Wildman–Crippen LogP) is 3.78. The number of anilines is 2. The standard InChI is InChI=1S/C14H11BrF2N2O/c15-12-5-4-10(7-13(12)17)18-8-14(20)19-11-3-1-2-9(16)6-11/h1-7,18H,8H2,(H,19,20). The third-order valence-corrected chi connectivity index (χ3v) is 3.12. The first kappa shape index (κ1) is 14.5. The van der Waals surface area contributed by atoms with Crippen LogP contribution in [0.5, 0.6) is 0 Å². The molecule has 2 aromatic rings. The second-order valence-electron chi connectivity index (χ2n) is 4.04. The quantitative estimate of drug-likeness (QED) is 0.889. The van der Waals surface area contributed by atoms with E-state index in [9.17, 15) is 13.6 Å². The minimum Gasteiger partial charge on any atom is -0.376 e. The van der Waals surface area contributed by atoms with Crippen molar-refractivity contribution < 1.29 is 13.6 Å². The first-order chi connectivity index (χ1) is 9.54. The van der Waals surface area contributed by atoms with Crippen LogP contribution in [0.3, 0.4) is 0 Å². The third-order valence-electron chi connectivity index (χ3n) is 2.48. The van der Waals surface area contributed by atoms with Crippen molar-refractivity contribution in [3.8, 4) is 0 Å². The Kier molecular flexibility index (Phi) is 4.68. The van der Waals surface area contributed by atoms with E-state index in [1.165, 1.54) is 24.3 Å². The van der Waals surface area contributed by atoms with E-state index >= 15 is 0 Å². The van der Waals surface area contributed by atoms with E-state index in [1.807, 2.05) is 0 Å². The summed E-state index contributed by atoms with van der Waals surface area (Å²) in [5, 5.41) is 5.32. The van der Waals surface area contributed by atoms with Crippen molar-refractivity contribution in [3.63, 3.8) is 0 Å². The van der Waals surface area contributed by atoms with Crippen LogP contribution in [0, 0.1) is 11.6 Å². The van der Waals surface area contributed by atoms with Crippen molar-refractivity contribution in [3.05, 3.63) is 58.6 Å². The topological polar surface area (TPSA) is 41.1 Å². The molecule has 3 nitrogen and oxygen atoms in total. The number of nitrogens with one attached hydrogen (secondary N) is 2. The lowest BCUT2D eigenvalue weighted by Gasteiger charge is -2.08. The summed E-state index contributed by atoms with van der Waals surface area (Å²) in [6.45, 7) is -0.0441. The van der Waals surface area contributed by atoms with Crippen molar-refractivity contribution in [2.24, 2.45) is 0 Å². The first-order valence-electron chi connectivity index (χ1n) is 5.79. The first-order valence-corrected chi connectivity index (χ1v) is 6.58. The smallest absolute Gasteiger partial charge is 0.243 e. The van der Waals surface area contributed by atoms with E-state index in [4.69, 9.17) is 0 Å². The molecule has 0 aliphatic heterocycles. The van der Waals surface area contributed by atoms with Gasteiger partial charge < -0.3 is 10.6 Å². The Morgan fingerprint density at radius 2 is 1.90 bits per heavy atom. The van der Waals surface area contributed by atoms with Gasteiger partial charge in [0.05, 0.1) is 11.0 Å². The average molecular weight is 341 g/mol. The Hall–Kier alpha value is -1.95. The van der Waals surface area contributed by atoms with E-state index in [2.05, 4.69) is 26.6 Å². The molecule has 1 amide bonds.